The first kappa shape index (κ1) is 26.9. The number of ether oxygens (including phenoxy) is 2. The Labute approximate surface area is 219 Å². The summed E-state index contributed by atoms with van der Waals surface area (Å²) in [6, 6.07) is 9.34. The number of amides is 2. The molecule has 2 aliphatic rings. The van der Waals surface area contributed by atoms with Crippen molar-refractivity contribution in [3.63, 3.8) is 0 Å². The van der Waals surface area contributed by atoms with Crippen LogP contribution in [-0.4, -0.2) is 59.5 Å². The number of benzene rings is 2. The van der Waals surface area contributed by atoms with Crippen LogP contribution in [0.1, 0.15) is 49.3 Å². The largest absolute Gasteiger partial charge is 0.493 e. The Morgan fingerprint density at radius 2 is 1.89 bits per heavy atom. The molecule has 1 saturated heterocycles. The van der Waals surface area contributed by atoms with Crippen molar-refractivity contribution in [3.05, 3.63) is 58.4 Å². The number of likely N-dealkylation sites (tertiary alicyclic amines) is 1. The molecule has 0 bridgehead atoms. The summed E-state index contributed by atoms with van der Waals surface area (Å²) in [5.41, 5.74) is 1.43. The van der Waals surface area contributed by atoms with Crippen LogP contribution in [0.2, 0.25) is 5.02 Å². The van der Waals surface area contributed by atoms with E-state index >= 15 is 0 Å². The maximum absolute atomic E-state index is 14.3. The summed E-state index contributed by atoms with van der Waals surface area (Å²) in [5, 5.41) is 9.61. The summed E-state index contributed by atoms with van der Waals surface area (Å²) in [7, 11) is 1.52. The van der Waals surface area contributed by atoms with Crippen molar-refractivity contribution in [2.75, 3.05) is 26.8 Å². The first-order valence-corrected chi connectivity index (χ1v) is 12.7. The maximum atomic E-state index is 14.3. The SMILES string of the molecule is COc1cc(CN(CC2CC2)[C@H](CC(=O)O)c2ccc(Cl)c(F)c2)ccc1OCCN1C(=O)CCC1=O. The molecule has 2 aromatic rings. The molecule has 37 heavy (non-hydrogen) atoms. The van der Waals surface area contributed by atoms with Crippen molar-refractivity contribution >= 4 is 29.4 Å². The molecule has 1 N–H and O–H groups in total. The zero-order valence-corrected chi connectivity index (χ0v) is 21.4. The van der Waals surface area contributed by atoms with Gasteiger partial charge in [-0.1, -0.05) is 23.7 Å². The summed E-state index contributed by atoms with van der Waals surface area (Å²) in [6.07, 6.45) is 2.44. The van der Waals surface area contributed by atoms with Crippen LogP contribution >= 0.6 is 11.6 Å². The van der Waals surface area contributed by atoms with E-state index in [0.29, 0.717) is 36.1 Å². The molecule has 2 aromatic carbocycles. The topological polar surface area (TPSA) is 96.4 Å². The Hall–Kier alpha value is -3.17. The van der Waals surface area contributed by atoms with Crippen molar-refractivity contribution < 1.29 is 33.4 Å². The highest BCUT2D eigenvalue weighted by Gasteiger charge is 2.31. The Bertz CT molecular complexity index is 1160. The Morgan fingerprint density at radius 1 is 1.16 bits per heavy atom. The van der Waals surface area contributed by atoms with Gasteiger partial charge in [-0.2, -0.15) is 0 Å². The number of hydrogen-bond acceptors (Lipinski definition) is 6. The Morgan fingerprint density at radius 3 is 2.51 bits per heavy atom. The standard InChI is InChI=1S/C27H30ClFN2O6/c1-36-24-12-18(4-7-23(24)37-11-10-31-25(32)8-9-26(31)33)16-30(15-17-2-3-17)22(14-27(34)35)19-5-6-20(28)21(29)13-19/h4-7,12-13,17,22H,2-3,8-11,14-16H2,1H3,(H,34,35)/t22-/m1/s1. The van der Waals surface area contributed by atoms with E-state index in [2.05, 4.69) is 4.90 Å². The molecule has 8 nitrogen and oxygen atoms in total. The minimum Gasteiger partial charge on any atom is -0.493 e. The van der Waals surface area contributed by atoms with Gasteiger partial charge in [-0.3, -0.25) is 24.2 Å². The van der Waals surface area contributed by atoms with Gasteiger partial charge in [0.2, 0.25) is 11.8 Å². The summed E-state index contributed by atoms with van der Waals surface area (Å²) < 4.78 is 25.6. The van der Waals surface area contributed by atoms with Crippen LogP contribution in [0, 0.1) is 11.7 Å². The molecule has 1 heterocycles. The lowest BCUT2D eigenvalue weighted by Gasteiger charge is -2.32. The van der Waals surface area contributed by atoms with E-state index in [1.165, 1.54) is 24.1 Å². The van der Waals surface area contributed by atoms with Crippen molar-refractivity contribution in [2.24, 2.45) is 5.92 Å². The van der Waals surface area contributed by atoms with Gasteiger partial charge >= 0.3 is 5.97 Å². The number of methoxy groups -OCH3 is 1. The van der Waals surface area contributed by atoms with E-state index < -0.39 is 17.8 Å². The van der Waals surface area contributed by atoms with Crippen molar-refractivity contribution in [1.82, 2.24) is 9.80 Å². The molecule has 2 fully saturated rings. The molecule has 0 radical (unpaired) electrons. The van der Waals surface area contributed by atoms with Gasteiger partial charge in [0.05, 0.1) is 25.1 Å². The number of rotatable bonds is 13. The van der Waals surface area contributed by atoms with E-state index in [1.807, 2.05) is 12.1 Å². The fourth-order valence-corrected chi connectivity index (χ4v) is 4.68. The highest BCUT2D eigenvalue weighted by molar-refractivity contribution is 6.30. The molecule has 0 unspecified atom stereocenters. The average Bonchev–Trinajstić information content (AvgIpc) is 3.63. The second-order valence-corrected chi connectivity index (χ2v) is 9.84. The molecular formula is C27H30ClFN2O6. The highest BCUT2D eigenvalue weighted by atomic mass is 35.5. The van der Waals surface area contributed by atoms with Gasteiger partial charge in [0.25, 0.3) is 0 Å². The number of halogens is 2. The normalized spacial score (nSPS) is 16.4. The third-order valence-electron chi connectivity index (χ3n) is 6.67. The summed E-state index contributed by atoms with van der Waals surface area (Å²) in [4.78, 5) is 38.6. The van der Waals surface area contributed by atoms with E-state index in [1.54, 1.807) is 12.1 Å². The molecule has 198 valence electrons. The monoisotopic (exact) mass is 532 g/mol. The van der Waals surface area contributed by atoms with Gasteiger partial charge in [-0.15, -0.1) is 0 Å². The zero-order valence-electron chi connectivity index (χ0n) is 20.6. The molecule has 1 aliphatic carbocycles. The molecule has 1 atom stereocenters. The maximum Gasteiger partial charge on any atom is 0.305 e. The number of carbonyl (C=O) groups excluding carboxylic acids is 2. The van der Waals surface area contributed by atoms with Crippen LogP contribution in [0.5, 0.6) is 11.5 Å². The van der Waals surface area contributed by atoms with Gasteiger partial charge < -0.3 is 14.6 Å². The summed E-state index contributed by atoms with van der Waals surface area (Å²) in [5.74, 6) is -0.518. The second-order valence-electron chi connectivity index (χ2n) is 9.43. The third kappa shape index (κ3) is 6.99. The smallest absolute Gasteiger partial charge is 0.305 e. The third-order valence-corrected chi connectivity index (χ3v) is 6.97. The van der Waals surface area contributed by atoms with E-state index in [-0.39, 0.29) is 49.3 Å². The Kier molecular flexibility index (Phi) is 8.66. The average molecular weight is 533 g/mol. The predicted molar refractivity (Wildman–Crippen MR) is 134 cm³/mol. The number of imide groups is 1. The minimum atomic E-state index is -0.975. The first-order valence-electron chi connectivity index (χ1n) is 12.3. The molecule has 10 heteroatoms. The lowest BCUT2D eigenvalue weighted by Crippen LogP contribution is -2.33. The fourth-order valence-electron chi connectivity index (χ4n) is 4.56. The minimum absolute atomic E-state index is 0.00893. The number of carboxylic acids is 1. The predicted octanol–water partition coefficient (Wildman–Crippen LogP) is 4.44. The molecule has 1 saturated carbocycles. The lowest BCUT2D eigenvalue weighted by molar-refractivity contribution is -0.140. The van der Waals surface area contributed by atoms with Crippen LogP contribution < -0.4 is 9.47 Å². The second kappa shape index (κ2) is 11.9. The van der Waals surface area contributed by atoms with Crippen molar-refractivity contribution in [2.45, 2.75) is 44.7 Å². The van der Waals surface area contributed by atoms with Crippen LogP contribution in [0.3, 0.4) is 0 Å². The van der Waals surface area contributed by atoms with Gasteiger partial charge in [-0.05, 0) is 54.2 Å². The van der Waals surface area contributed by atoms with Gasteiger partial charge in [-0.25, -0.2) is 4.39 Å². The highest BCUT2D eigenvalue weighted by Crippen LogP contribution is 2.37. The van der Waals surface area contributed by atoms with Crippen molar-refractivity contribution in [1.29, 1.82) is 0 Å². The molecule has 2 amide bonds. The lowest BCUT2D eigenvalue weighted by atomic mass is 10.00. The quantitative estimate of drug-likeness (QED) is 0.381. The molecule has 4 rings (SSSR count). The number of carboxylic acid groups (broad SMARTS) is 1. The number of carbonyl (C=O) groups is 3. The fraction of sp³-hybridized carbons (Fsp3) is 0.444. The van der Waals surface area contributed by atoms with Crippen molar-refractivity contribution in [3.8, 4) is 11.5 Å². The Balaban J connectivity index is 1.50. The summed E-state index contributed by atoms with van der Waals surface area (Å²) >= 11 is 5.86. The van der Waals surface area contributed by atoms with Crippen LogP contribution in [0.25, 0.3) is 0 Å². The van der Waals surface area contributed by atoms with Crippen LogP contribution in [-0.2, 0) is 20.9 Å². The first-order chi connectivity index (χ1) is 17.7. The summed E-state index contributed by atoms with van der Waals surface area (Å²) in [6.45, 7) is 1.42. The van der Waals surface area contributed by atoms with Crippen LogP contribution in [0.4, 0.5) is 4.39 Å². The van der Waals surface area contributed by atoms with Gasteiger partial charge in [0.1, 0.15) is 12.4 Å². The van der Waals surface area contributed by atoms with Gasteiger partial charge in [0.15, 0.2) is 11.5 Å². The van der Waals surface area contributed by atoms with E-state index in [9.17, 15) is 23.9 Å². The number of hydrogen-bond donors (Lipinski definition) is 1. The number of aliphatic carboxylic acids is 1. The van der Waals surface area contributed by atoms with E-state index in [4.69, 9.17) is 21.1 Å². The molecular weight excluding hydrogens is 503 g/mol. The van der Waals surface area contributed by atoms with Gasteiger partial charge in [0, 0.05) is 32.0 Å². The molecule has 0 aromatic heterocycles. The van der Waals surface area contributed by atoms with E-state index in [0.717, 1.165) is 18.4 Å². The molecule has 0 spiro atoms. The zero-order chi connectivity index (χ0) is 26.5. The number of nitrogens with zero attached hydrogens (tertiary/aromatic N) is 2. The van der Waals surface area contributed by atoms with Crippen LogP contribution in [0.15, 0.2) is 36.4 Å². The molecule has 1 aliphatic heterocycles.